The fourth-order valence-corrected chi connectivity index (χ4v) is 8.24. The van der Waals surface area contributed by atoms with Crippen LogP contribution in [0.5, 0.6) is 0 Å². The van der Waals surface area contributed by atoms with E-state index in [1.807, 2.05) is 41.5 Å². The van der Waals surface area contributed by atoms with Crippen molar-refractivity contribution < 1.29 is 53.1 Å². The highest BCUT2D eigenvalue weighted by Crippen LogP contribution is 2.18. The van der Waals surface area contributed by atoms with Gasteiger partial charge in [-0.1, -0.05) is 102 Å². The quantitative estimate of drug-likeness (QED) is 0.0584. The van der Waals surface area contributed by atoms with Gasteiger partial charge in [-0.15, -0.1) is 0 Å². The van der Waals surface area contributed by atoms with E-state index in [0.717, 1.165) is 4.90 Å². The van der Waals surface area contributed by atoms with E-state index >= 15 is 0 Å². The number of aliphatic carboxylic acids is 1. The third kappa shape index (κ3) is 20.7. The lowest BCUT2D eigenvalue weighted by molar-refractivity contribution is -0.148. The molecular formula is C54H84N10O11. The molecule has 0 spiro atoms. The SMILES string of the molecule is CN[C@@H](CC(C)C)C(=O)NCC(=O)N(C)[C@@H](C)C(=O)N(C)[C@@H](Cc1ccccc1)C(=O)N[C@@H](C)C(=O)N(C)[C@@H](CC(C)C)C(=O)N[C@@H](CC(C)C)C(=O)N(C)[C@@H](C)C(=O)N[C@@H](Cc1ccccc1)C(=O)NCC(=O)O. The van der Waals surface area contributed by atoms with Gasteiger partial charge in [0.1, 0.15) is 48.8 Å². The summed E-state index contributed by atoms with van der Waals surface area (Å²) in [6, 6.07) is 9.15. The minimum Gasteiger partial charge on any atom is -0.480 e. The molecule has 0 aromatic heterocycles. The molecule has 8 atom stereocenters. The minimum atomic E-state index is -1.27. The molecule has 0 aliphatic carbocycles. The molecule has 0 saturated carbocycles. The van der Waals surface area contributed by atoms with Crippen LogP contribution in [0.1, 0.15) is 92.7 Å². The van der Waals surface area contributed by atoms with Crippen molar-refractivity contribution in [2.75, 3.05) is 48.3 Å². The first-order valence-corrected chi connectivity index (χ1v) is 25.6. The molecule has 2 aromatic rings. The Morgan fingerprint density at radius 2 is 0.907 bits per heavy atom. The zero-order valence-corrected chi connectivity index (χ0v) is 46.4. The van der Waals surface area contributed by atoms with Crippen LogP contribution in [0.3, 0.4) is 0 Å². The molecule has 416 valence electrons. The summed E-state index contributed by atoms with van der Waals surface area (Å²) in [6.45, 7) is 14.8. The number of amides is 9. The van der Waals surface area contributed by atoms with Crippen molar-refractivity contribution in [1.29, 1.82) is 0 Å². The Balaban J connectivity index is 2.32. The predicted molar refractivity (Wildman–Crippen MR) is 284 cm³/mol. The fourth-order valence-electron chi connectivity index (χ4n) is 8.24. The summed E-state index contributed by atoms with van der Waals surface area (Å²) in [5, 5.41) is 25.3. The first kappa shape index (κ1) is 64.2. The Labute approximate surface area is 443 Å². The average molecular weight is 1050 g/mol. The van der Waals surface area contributed by atoms with Gasteiger partial charge >= 0.3 is 5.97 Å². The number of benzene rings is 2. The fraction of sp³-hybridized carbons (Fsp3) is 0.593. The Bertz CT molecular complexity index is 2250. The lowest BCUT2D eigenvalue weighted by atomic mass is 9.98. The van der Waals surface area contributed by atoms with Gasteiger partial charge in [0.05, 0.1) is 12.6 Å². The number of hydrogen-bond acceptors (Lipinski definition) is 11. The van der Waals surface area contributed by atoms with Crippen molar-refractivity contribution in [1.82, 2.24) is 51.5 Å². The van der Waals surface area contributed by atoms with Crippen molar-refractivity contribution in [3.8, 4) is 0 Å². The van der Waals surface area contributed by atoms with Gasteiger partial charge in [-0.3, -0.25) is 47.9 Å². The number of carboxylic acids is 1. The van der Waals surface area contributed by atoms with Crippen molar-refractivity contribution in [2.24, 2.45) is 17.8 Å². The van der Waals surface area contributed by atoms with E-state index in [1.54, 1.807) is 67.7 Å². The highest BCUT2D eigenvalue weighted by molar-refractivity contribution is 5.98. The minimum absolute atomic E-state index is 0.0342. The summed E-state index contributed by atoms with van der Waals surface area (Å²) in [7, 11) is 7.34. The maximum absolute atomic E-state index is 14.4. The largest absolute Gasteiger partial charge is 0.480 e. The number of carbonyl (C=O) groups excluding carboxylic acids is 9. The molecule has 0 saturated heterocycles. The lowest BCUT2D eigenvalue weighted by Crippen LogP contribution is -2.60. The predicted octanol–water partition coefficient (Wildman–Crippen LogP) is 1.34. The zero-order valence-electron chi connectivity index (χ0n) is 46.4. The number of hydrogen-bond donors (Lipinski definition) is 7. The molecule has 75 heavy (non-hydrogen) atoms. The van der Waals surface area contributed by atoms with Crippen molar-refractivity contribution in [2.45, 2.75) is 143 Å². The van der Waals surface area contributed by atoms with Gasteiger partial charge in [0.15, 0.2) is 0 Å². The van der Waals surface area contributed by atoms with Crippen LogP contribution >= 0.6 is 0 Å². The molecule has 0 heterocycles. The van der Waals surface area contributed by atoms with Crippen molar-refractivity contribution >= 4 is 59.1 Å². The Morgan fingerprint density at radius 1 is 0.453 bits per heavy atom. The van der Waals surface area contributed by atoms with Gasteiger partial charge < -0.3 is 56.6 Å². The Morgan fingerprint density at radius 3 is 1.41 bits per heavy atom. The summed E-state index contributed by atoms with van der Waals surface area (Å²) in [5.41, 5.74) is 1.40. The van der Waals surface area contributed by atoms with Crippen LogP contribution in [0, 0.1) is 17.8 Å². The van der Waals surface area contributed by atoms with E-state index in [2.05, 4.69) is 31.9 Å². The van der Waals surface area contributed by atoms with E-state index in [-0.39, 0.29) is 55.9 Å². The van der Waals surface area contributed by atoms with Gasteiger partial charge in [0.25, 0.3) is 0 Å². The van der Waals surface area contributed by atoms with E-state index in [9.17, 15) is 47.9 Å². The van der Waals surface area contributed by atoms with E-state index in [0.29, 0.717) is 17.5 Å². The number of carboxylic acid groups (broad SMARTS) is 1. The molecule has 2 rings (SSSR count). The number of nitrogens with one attached hydrogen (secondary N) is 6. The molecule has 21 nitrogen and oxygen atoms in total. The summed E-state index contributed by atoms with van der Waals surface area (Å²) in [5.74, 6) is -6.79. The number of nitrogens with zero attached hydrogens (tertiary/aromatic N) is 4. The first-order valence-electron chi connectivity index (χ1n) is 25.6. The molecule has 0 aliphatic rings. The van der Waals surface area contributed by atoms with Crippen molar-refractivity contribution in [3.05, 3.63) is 71.8 Å². The number of carbonyl (C=O) groups is 10. The highest BCUT2D eigenvalue weighted by Gasteiger charge is 2.38. The summed E-state index contributed by atoms with van der Waals surface area (Å²) in [4.78, 5) is 140. The van der Waals surface area contributed by atoms with Crippen molar-refractivity contribution in [3.63, 3.8) is 0 Å². The second kappa shape index (κ2) is 31.1. The third-order valence-corrected chi connectivity index (χ3v) is 13.0. The molecule has 7 N–H and O–H groups in total. The summed E-state index contributed by atoms with van der Waals surface area (Å²) < 4.78 is 0. The number of rotatable bonds is 30. The molecule has 0 unspecified atom stereocenters. The third-order valence-electron chi connectivity index (χ3n) is 13.0. The van der Waals surface area contributed by atoms with Crippen LogP contribution in [0.2, 0.25) is 0 Å². The molecule has 0 fully saturated rings. The maximum atomic E-state index is 14.4. The standard InChI is InChI=1S/C54H84N10O11/c1-32(2)25-40(55-10)48(69)56-30-45(65)61(11)37(9)53(74)64(14)44(29-39-23-19-16-20-24-39)50(71)58-35(7)52(73)63(13)43(27-34(5)6)51(72)60-42(26-33(3)4)54(75)62(12)36(8)47(68)59-41(49(70)57-31-46(66)67)28-38-21-17-15-18-22-38/h15-24,32-37,40-44,55H,25-31H2,1-14H3,(H,56,69)(H,57,70)(H,58,71)(H,59,68)(H,60,72)(H,66,67)/t35-,36-,37-,40-,41-,42-,43-,44-/m0/s1. The Kier molecular flexibility index (Phi) is 26.6. The molecule has 0 aliphatic heterocycles. The molecular weight excluding hydrogens is 965 g/mol. The average Bonchev–Trinajstić information content (AvgIpc) is 3.37. The monoisotopic (exact) mass is 1050 g/mol. The zero-order chi connectivity index (χ0) is 56.9. The molecule has 0 radical (unpaired) electrons. The van der Waals surface area contributed by atoms with E-state index < -0.39 is 108 Å². The summed E-state index contributed by atoms with van der Waals surface area (Å²) >= 11 is 0. The Hall–Kier alpha value is -6.90. The first-order chi connectivity index (χ1) is 35.1. The highest BCUT2D eigenvalue weighted by atomic mass is 16.4. The van der Waals surface area contributed by atoms with Crippen LogP contribution in [0.4, 0.5) is 0 Å². The van der Waals surface area contributed by atoms with E-state index in [4.69, 9.17) is 5.11 Å². The topological polar surface area (TPSA) is 276 Å². The molecule has 2 aromatic carbocycles. The molecule has 21 heteroatoms. The maximum Gasteiger partial charge on any atom is 0.322 e. The second-order valence-corrected chi connectivity index (χ2v) is 20.5. The summed E-state index contributed by atoms with van der Waals surface area (Å²) in [6.07, 6.45) is 0.946. The van der Waals surface area contributed by atoms with Crippen LogP contribution < -0.4 is 31.9 Å². The van der Waals surface area contributed by atoms with Crippen LogP contribution in [0.25, 0.3) is 0 Å². The van der Waals surface area contributed by atoms with Crippen LogP contribution in [-0.4, -0.2) is 181 Å². The number of likely N-dealkylation sites (N-methyl/N-ethyl adjacent to an activating group) is 5. The lowest BCUT2D eigenvalue weighted by Gasteiger charge is -2.35. The second-order valence-electron chi connectivity index (χ2n) is 20.5. The van der Waals surface area contributed by atoms with Gasteiger partial charge in [0.2, 0.25) is 53.2 Å². The van der Waals surface area contributed by atoms with Gasteiger partial charge in [-0.2, -0.15) is 0 Å². The molecule has 0 bridgehead atoms. The molecule has 9 amide bonds. The smallest absolute Gasteiger partial charge is 0.322 e. The van der Waals surface area contributed by atoms with Gasteiger partial charge in [0, 0.05) is 41.0 Å². The van der Waals surface area contributed by atoms with Gasteiger partial charge in [-0.05, 0) is 76.0 Å². The van der Waals surface area contributed by atoms with Gasteiger partial charge in [-0.25, -0.2) is 0 Å². The van der Waals surface area contributed by atoms with Crippen LogP contribution in [-0.2, 0) is 60.8 Å². The van der Waals surface area contributed by atoms with Crippen LogP contribution in [0.15, 0.2) is 60.7 Å². The normalized spacial score (nSPS) is 14.4. The van der Waals surface area contributed by atoms with E-state index in [1.165, 1.54) is 63.7 Å².